The van der Waals surface area contributed by atoms with Crippen molar-refractivity contribution in [2.45, 2.75) is 32.7 Å². The molecule has 18 heavy (non-hydrogen) atoms. The Morgan fingerprint density at radius 1 is 1.50 bits per heavy atom. The SMILES string of the molecule is CC(C)NCC1CCN(CCc2ccc(Br)s2)C1. The molecule has 1 atom stereocenters. The van der Waals surface area contributed by atoms with E-state index in [-0.39, 0.29) is 0 Å². The van der Waals surface area contributed by atoms with Crippen LogP contribution in [0.15, 0.2) is 15.9 Å². The Hall–Kier alpha value is 0.1000. The lowest BCUT2D eigenvalue weighted by molar-refractivity contribution is 0.324. The van der Waals surface area contributed by atoms with Gasteiger partial charge in [-0.05, 0) is 59.9 Å². The maximum Gasteiger partial charge on any atom is 0.0701 e. The molecule has 1 saturated heterocycles. The molecule has 2 rings (SSSR count). The summed E-state index contributed by atoms with van der Waals surface area (Å²) in [6.45, 7) is 9.38. The number of nitrogens with one attached hydrogen (secondary N) is 1. The highest BCUT2D eigenvalue weighted by atomic mass is 79.9. The van der Waals surface area contributed by atoms with Crippen molar-refractivity contribution in [1.29, 1.82) is 0 Å². The highest BCUT2D eigenvalue weighted by Crippen LogP contribution is 2.23. The predicted molar refractivity (Wildman–Crippen MR) is 83.4 cm³/mol. The summed E-state index contributed by atoms with van der Waals surface area (Å²) >= 11 is 5.39. The number of halogens is 1. The second kappa shape index (κ2) is 7.04. The molecule has 1 aliphatic heterocycles. The molecule has 2 nitrogen and oxygen atoms in total. The Bertz CT molecular complexity index is 364. The minimum absolute atomic E-state index is 0.613. The van der Waals surface area contributed by atoms with E-state index in [1.807, 2.05) is 11.3 Å². The zero-order chi connectivity index (χ0) is 13.0. The van der Waals surface area contributed by atoms with Crippen LogP contribution in [0.1, 0.15) is 25.1 Å². The van der Waals surface area contributed by atoms with E-state index in [1.165, 1.54) is 47.7 Å². The molecule has 0 amide bonds. The Morgan fingerprint density at radius 3 is 3.00 bits per heavy atom. The van der Waals surface area contributed by atoms with Crippen LogP contribution in [0.4, 0.5) is 0 Å². The number of rotatable bonds is 6. The van der Waals surface area contributed by atoms with Crippen molar-refractivity contribution in [3.63, 3.8) is 0 Å². The topological polar surface area (TPSA) is 15.3 Å². The van der Waals surface area contributed by atoms with Crippen LogP contribution in [-0.2, 0) is 6.42 Å². The van der Waals surface area contributed by atoms with Gasteiger partial charge in [0.15, 0.2) is 0 Å². The van der Waals surface area contributed by atoms with Crippen molar-refractivity contribution < 1.29 is 0 Å². The minimum atomic E-state index is 0.613. The summed E-state index contributed by atoms with van der Waals surface area (Å²) in [6, 6.07) is 5.00. The fourth-order valence-corrected chi connectivity index (χ4v) is 3.91. The van der Waals surface area contributed by atoms with E-state index >= 15 is 0 Å². The Balaban J connectivity index is 1.66. The molecule has 1 aromatic heterocycles. The lowest BCUT2D eigenvalue weighted by Crippen LogP contribution is -2.31. The van der Waals surface area contributed by atoms with Crippen LogP contribution in [0.2, 0.25) is 0 Å². The highest BCUT2D eigenvalue weighted by Gasteiger charge is 2.21. The molecule has 1 N–H and O–H groups in total. The second-order valence-corrected chi connectivity index (χ2v) is 8.02. The average Bonchev–Trinajstić information content (AvgIpc) is 2.93. The molecular weight excluding hydrogens is 308 g/mol. The fourth-order valence-electron chi connectivity index (χ4n) is 2.44. The van der Waals surface area contributed by atoms with E-state index in [0.29, 0.717) is 6.04 Å². The lowest BCUT2D eigenvalue weighted by Gasteiger charge is -2.16. The van der Waals surface area contributed by atoms with E-state index in [9.17, 15) is 0 Å². The van der Waals surface area contributed by atoms with Gasteiger partial charge in [-0.15, -0.1) is 11.3 Å². The van der Waals surface area contributed by atoms with Gasteiger partial charge < -0.3 is 10.2 Å². The van der Waals surface area contributed by atoms with Gasteiger partial charge in [0.25, 0.3) is 0 Å². The van der Waals surface area contributed by atoms with Crippen LogP contribution >= 0.6 is 27.3 Å². The third-order valence-electron chi connectivity index (χ3n) is 3.49. The summed E-state index contributed by atoms with van der Waals surface area (Å²) in [4.78, 5) is 4.10. The van der Waals surface area contributed by atoms with Crippen molar-refractivity contribution in [3.8, 4) is 0 Å². The molecule has 4 heteroatoms. The number of nitrogens with zero attached hydrogens (tertiary/aromatic N) is 1. The molecule has 0 saturated carbocycles. The predicted octanol–water partition coefficient (Wildman–Crippen LogP) is 3.37. The molecule has 1 aromatic rings. The van der Waals surface area contributed by atoms with Gasteiger partial charge >= 0.3 is 0 Å². The van der Waals surface area contributed by atoms with Crippen molar-refractivity contribution in [2.24, 2.45) is 5.92 Å². The van der Waals surface area contributed by atoms with Crippen LogP contribution in [0.25, 0.3) is 0 Å². The zero-order valence-corrected chi connectivity index (χ0v) is 13.7. The molecule has 1 fully saturated rings. The first-order valence-electron chi connectivity index (χ1n) is 6.83. The standard InChI is InChI=1S/C14H23BrN2S/c1-11(2)16-9-12-5-7-17(10-12)8-6-13-3-4-14(15)18-13/h3-4,11-12,16H,5-10H2,1-2H3. The van der Waals surface area contributed by atoms with Gasteiger partial charge in [-0.2, -0.15) is 0 Å². The fraction of sp³-hybridized carbons (Fsp3) is 0.714. The van der Waals surface area contributed by atoms with Crippen molar-refractivity contribution >= 4 is 27.3 Å². The molecule has 0 bridgehead atoms. The van der Waals surface area contributed by atoms with Crippen molar-refractivity contribution in [2.75, 3.05) is 26.2 Å². The van der Waals surface area contributed by atoms with Gasteiger partial charge in [0.1, 0.15) is 0 Å². The number of hydrogen-bond donors (Lipinski definition) is 1. The van der Waals surface area contributed by atoms with Crippen LogP contribution in [0.3, 0.4) is 0 Å². The van der Waals surface area contributed by atoms with Crippen LogP contribution in [0, 0.1) is 5.92 Å². The van der Waals surface area contributed by atoms with E-state index in [0.717, 1.165) is 5.92 Å². The summed E-state index contributed by atoms with van der Waals surface area (Å²) in [7, 11) is 0. The highest BCUT2D eigenvalue weighted by molar-refractivity contribution is 9.11. The first-order valence-corrected chi connectivity index (χ1v) is 8.44. The molecule has 0 aromatic carbocycles. The van der Waals surface area contributed by atoms with E-state index in [1.54, 1.807) is 0 Å². The number of likely N-dealkylation sites (tertiary alicyclic amines) is 1. The molecule has 102 valence electrons. The van der Waals surface area contributed by atoms with E-state index < -0.39 is 0 Å². The maximum absolute atomic E-state index is 3.55. The van der Waals surface area contributed by atoms with Gasteiger partial charge in [0.05, 0.1) is 3.79 Å². The van der Waals surface area contributed by atoms with Gasteiger partial charge in [-0.1, -0.05) is 13.8 Å². The van der Waals surface area contributed by atoms with Gasteiger partial charge in [-0.25, -0.2) is 0 Å². The summed E-state index contributed by atoms with van der Waals surface area (Å²) in [5, 5.41) is 3.55. The maximum atomic E-state index is 3.55. The quantitative estimate of drug-likeness (QED) is 0.860. The second-order valence-electron chi connectivity index (χ2n) is 5.47. The zero-order valence-electron chi connectivity index (χ0n) is 11.3. The number of hydrogen-bond acceptors (Lipinski definition) is 3. The summed E-state index contributed by atoms with van der Waals surface area (Å²) in [5.74, 6) is 0.850. The molecule has 0 radical (unpaired) electrons. The average molecular weight is 331 g/mol. The Labute approximate surface area is 123 Å². The van der Waals surface area contributed by atoms with Crippen molar-refractivity contribution in [3.05, 3.63) is 20.8 Å². The summed E-state index contributed by atoms with van der Waals surface area (Å²) in [5.41, 5.74) is 0. The molecule has 1 unspecified atom stereocenters. The first kappa shape index (κ1) is 14.5. The van der Waals surface area contributed by atoms with Gasteiger partial charge in [-0.3, -0.25) is 0 Å². The smallest absolute Gasteiger partial charge is 0.0701 e. The molecular formula is C14H23BrN2S. The van der Waals surface area contributed by atoms with E-state index in [2.05, 4.69) is 52.1 Å². The molecule has 0 spiro atoms. The first-order chi connectivity index (χ1) is 8.63. The monoisotopic (exact) mass is 330 g/mol. The Morgan fingerprint density at radius 2 is 2.33 bits per heavy atom. The van der Waals surface area contributed by atoms with Crippen molar-refractivity contribution in [1.82, 2.24) is 10.2 Å². The van der Waals surface area contributed by atoms with Gasteiger partial charge in [0.2, 0.25) is 0 Å². The summed E-state index contributed by atoms with van der Waals surface area (Å²) in [6.07, 6.45) is 2.55. The third kappa shape index (κ3) is 4.65. The normalized spacial score (nSPS) is 21.0. The van der Waals surface area contributed by atoms with Crippen LogP contribution < -0.4 is 5.32 Å². The van der Waals surface area contributed by atoms with E-state index in [4.69, 9.17) is 0 Å². The number of thiophene rings is 1. The minimum Gasteiger partial charge on any atom is -0.314 e. The third-order valence-corrected chi connectivity index (χ3v) is 5.17. The van der Waals surface area contributed by atoms with Gasteiger partial charge in [0, 0.05) is 24.0 Å². The molecule has 2 heterocycles. The Kier molecular flexibility index (Phi) is 5.67. The van der Waals surface area contributed by atoms with Crippen LogP contribution in [0.5, 0.6) is 0 Å². The molecule has 1 aliphatic rings. The molecule has 0 aliphatic carbocycles. The lowest BCUT2D eigenvalue weighted by atomic mass is 10.1. The largest absolute Gasteiger partial charge is 0.314 e. The van der Waals surface area contributed by atoms with Crippen LogP contribution in [-0.4, -0.2) is 37.1 Å². The summed E-state index contributed by atoms with van der Waals surface area (Å²) < 4.78 is 1.25.